The Morgan fingerprint density at radius 3 is 2.58 bits per heavy atom. The molecule has 2 aromatic rings. The molecule has 3 N–H and O–H groups in total. The maximum Gasteiger partial charge on any atom is 0.191 e. The Morgan fingerprint density at radius 2 is 1.88 bits per heavy atom. The van der Waals surface area contributed by atoms with E-state index in [9.17, 15) is 5.11 Å². The fourth-order valence-electron chi connectivity index (χ4n) is 2.47. The van der Waals surface area contributed by atoms with Gasteiger partial charge in [-0.3, -0.25) is 0 Å². The molecule has 26 heavy (non-hydrogen) atoms. The summed E-state index contributed by atoms with van der Waals surface area (Å²) in [5.41, 5.74) is 1.97. The zero-order chi connectivity index (χ0) is 18.8. The van der Waals surface area contributed by atoms with Crippen molar-refractivity contribution in [3.8, 4) is 17.2 Å². The lowest BCUT2D eigenvalue weighted by Crippen LogP contribution is -2.36. The number of phenolic OH excluding ortho intramolecular Hbond substituents is 1. The molecule has 2 rings (SSSR count). The van der Waals surface area contributed by atoms with Crippen molar-refractivity contribution in [3.05, 3.63) is 53.6 Å². The van der Waals surface area contributed by atoms with Gasteiger partial charge >= 0.3 is 0 Å². The molecule has 0 saturated carbocycles. The number of phenols is 1. The molecule has 0 heterocycles. The molecule has 0 spiro atoms. The monoisotopic (exact) mass is 357 g/mol. The highest BCUT2D eigenvalue weighted by Crippen LogP contribution is 2.26. The van der Waals surface area contributed by atoms with Crippen LogP contribution >= 0.6 is 0 Å². The predicted octanol–water partition coefficient (Wildman–Crippen LogP) is 3.05. The fraction of sp³-hybridized carbons (Fsp3) is 0.350. The first-order valence-electron chi connectivity index (χ1n) is 8.76. The summed E-state index contributed by atoms with van der Waals surface area (Å²) in [7, 11) is 1.53. The molecule has 0 fully saturated rings. The summed E-state index contributed by atoms with van der Waals surface area (Å²) in [4.78, 5) is 4.57. The molecule has 6 heteroatoms. The van der Waals surface area contributed by atoms with Gasteiger partial charge in [-0.1, -0.05) is 24.3 Å². The summed E-state index contributed by atoms with van der Waals surface area (Å²) in [6.07, 6.45) is 0. The third-order valence-corrected chi connectivity index (χ3v) is 3.73. The average Bonchev–Trinajstić information content (AvgIpc) is 2.65. The molecule has 2 aromatic carbocycles. The van der Waals surface area contributed by atoms with Gasteiger partial charge in [0.1, 0.15) is 5.75 Å². The summed E-state index contributed by atoms with van der Waals surface area (Å²) in [6, 6.07) is 13.2. The van der Waals surface area contributed by atoms with Crippen molar-refractivity contribution in [1.82, 2.24) is 10.6 Å². The zero-order valence-corrected chi connectivity index (χ0v) is 15.6. The first-order valence-corrected chi connectivity index (χ1v) is 8.76. The standard InChI is InChI=1S/C20H27N3O3/c1-4-21-20(22-13-15-10-11-19(25-3)17(24)12-15)23-14-16-8-6-7-9-18(16)26-5-2/h6-12,24H,4-5,13-14H2,1-3H3,(H2,21,22,23). The van der Waals surface area contributed by atoms with Crippen LogP contribution in [-0.4, -0.2) is 31.3 Å². The maximum absolute atomic E-state index is 9.87. The number of aliphatic imine (C=N–C) groups is 1. The van der Waals surface area contributed by atoms with E-state index < -0.39 is 0 Å². The Kier molecular flexibility index (Phi) is 7.61. The van der Waals surface area contributed by atoms with E-state index in [1.165, 1.54) is 7.11 Å². The van der Waals surface area contributed by atoms with Crippen LogP contribution in [0.1, 0.15) is 25.0 Å². The Balaban J connectivity index is 2.04. The summed E-state index contributed by atoms with van der Waals surface area (Å²) in [6.45, 7) is 6.43. The number of methoxy groups -OCH3 is 1. The lowest BCUT2D eigenvalue weighted by atomic mass is 10.2. The van der Waals surface area contributed by atoms with Crippen LogP contribution in [0.4, 0.5) is 0 Å². The molecule has 0 aliphatic carbocycles. The lowest BCUT2D eigenvalue weighted by Gasteiger charge is -2.14. The summed E-state index contributed by atoms with van der Waals surface area (Å²) in [5.74, 6) is 2.15. The predicted molar refractivity (Wildman–Crippen MR) is 104 cm³/mol. The zero-order valence-electron chi connectivity index (χ0n) is 15.6. The molecule has 0 unspecified atom stereocenters. The number of ether oxygens (including phenoxy) is 2. The largest absolute Gasteiger partial charge is 0.504 e. The lowest BCUT2D eigenvalue weighted by molar-refractivity contribution is 0.336. The highest BCUT2D eigenvalue weighted by Gasteiger charge is 2.05. The van der Waals surface area contributed by atoms with Crippen LogP contribution in [0, 0.1) is 0 Å². The quantitative estimate of drug-likeness (QED) is 0.500. The van der Waals surface area contributed by atoms with Gasteiger partial charge in [0.15, 0.2) is 17.5 Å². The first kappa shape index (κ1) is 19.4. The van der Waals surface area contributed by atoms with Gasteiger partial charge in [-0.25, -0.2) is 4.99 Å². The van der Waals surface area contributed by atoms with E-state index in [2.05, 4.69) is 15.6 Å². The SMILES string of the molecule is CCNC(=NCc1ccc(OC)c(O)c1)NCc1ccccc1OCC. The molecule has 0 amide bonds. The number of rotatable bonds is 8. The normalized spacial score (nSPS) is 11.1. The second-order valence-electron chi connectivity index (χ2n) is 5.60. The van der Waals surface area contributed by atoms with Crippen molar-refractivity contribution in [3.63, 3.8) is 0 Å². The number of guanidine groups is 1. The van der Waals surface area contributed by atoms with E-state index in [-0.39, 0.29) is 5.75 Å². The number of nitrogens with one attached hydrogen (secondary N) is 2. The molecule has 140 valence electrons. The highest BCUT2D eigenvalue weighted by atomic mass is 16.5. The molecule has 0 radical (unpaired) electrons. The van der Waals surface area contributed by atoms with Gasteiger partial charge < -0.3 is 25.2 Å². The van der Waals surface area contributed by atoms with E-state index in [1.54, 1.807) is 12.1 Å². The van der Waals surface area contributed by atoms with E-state index in [1.807, 2.05) is 44.2 Å². The summed E-state index contributed by atoms with van der Waals surface area (Å²) in [5, 5.41) is 16.4. The molecule has 0 bridgehead atoms. The number of aromatic hydroxyl groups is 1. The van der Waals surface area contributed by atoms with Crippen molar-refractivity contribution in [2.45, 2.75) is 26.9 Å². The molecule has 0 aliphatic heterocycles. The van der Waals surface area contributed by atoms with Crippen LogP contribution in [0.3, 0.4) is 0 Å². The van der Waals surface area contributed by atoms with Crippen molar-refractivity contribution in [1.29, 1.82) is 0 Å². The molecule has 0 saturated heterocycles. The van der Waals surface area contributed by atoms with Gasteiger partial charge in [0.05, 0.1) is 20.3 Å². The maximum atomic E-state index is 9.87. The van der Waals surface area contributed by atoms with Gasteiger partial charge in [-0.2, -0.15) is 0 Å². The molecule has 0 aliphatic rings. The van der Waals surface area contributed by atoms with E-state index in [4.69, 9.17) is 9.47 Å². The van der Waals surface area contributed by atoms with Crippen LogP contribution in [0.2, 0.25) is 0 Å². The molecule has 0 atom stereocenters. The van der Waals surface area contributed by atoms with Gasteiger partial charge in [-0.05, 0) is 37.6 Å². The summed E-state index contributed by atoms with van der Waals surface area (Å²) >= 11 is 0. The Bertz CT molecular complexity index is 732. The average molecular weight is 357 g/mol. The van der Waals surface area contributed by atoms with Crippen LogP contribution in [0.5, 0.6) is 17.2 Å². The van der Waals surface area contributed by atoms with Crippen LogP contribution in [-0.2, 0) is 13.1 Å². The molecule has 6 nitrogen and oxygen atoms in total. The first-order chi connectivity index (χ1) is 12.7. The third-order valence-electron chi connectivity index (χ3n) is 3.73. The summed E-state index contributed by atoms with van der Waals surface area (Å²) < 4.78 is 10.7. The third kappa shape index (κ3) is 5.58. The van der Waals surface area contributed by atoms with Crippen LogP contribution in [0.15, 0.2) is 47.5 Å². The van der Waals surface area contributed by atoms with Gasteiger partial charge in [-0.15, -0.1) is 0 Å². The molecular weight excluding hydrogens is 330 g/mol. The molecule has 0 aromatic heterocycles. The van der Waals surface area contributed by atoms with Gasteiger partial charge in [0, 0.05) is 18.7 Å². The second-order valence-corrected chi connectivity index (χ2v) is 5.60. The second kappa shape index (κ2) is 10.2. The van der Waals surface area contributed by atoms with E-state index in [0.29, 0.717) is 31.4 Å². The number of para-hydroxylation sites is 1. The minimum Gasteiger partial charge on any atom is -0.504 e. The van der Waals surface area contributed by atoms with Crippen LogP contribution < -0.4 is 20.1 Å². The minimum atomic E-state index is 0.115. The van der Waals surface area contributed by atoms with Crippen molar-refractivity contribution >= 4 is 5.96 Å². The smallest absolute Gasteiger partial charge is 0.191 e. The van der Waals surface area contributed by atoms with Crippen molar-refractivity contribution in [2.24, 2.45) is 4.99 Å². The minimum absolute atomic E-state index is 0.115. The number of hydrogen-bond acceptors (Lipinski definition) is 4. The fourth-order valence-corrected chi connectivity index (χ4v) is 2.47. The van der Waals surface area contributed by atoms with Crippen molar-refractivity contribution in [2.75, 3.05) is 20.3 Å². The highest BCUT2D eigenvalue weighted by molar-refractivity contribution is 5.79. The molecular formula is C20H27N3O3. The van der Waals surface area contributed by atoms with E-state index in [0.717, 1.165) is 23.4 Å². The van der Waals surface area contributed by atoms with Gasteiger partial charge in [0.25, 0.3) is 0 Å². The number of nitrogens with zero attached hydrogens (tertiary/aromatic N) is 1. The Morgan fingerprint density at radius 1 is 1.08 bits per heavy atom. The topological polar surface area (TPSA) is 75.1 Å². The van der Waals surface area contributed by atoms with E-state index >= 15 is 0 Å². The number of hydrogen-bond donors (Lipinski definition) is 3. The van der Waals surface area contributed by atoms with Crippen molar-refractivity contribution < 1.29 is 14.6 Å². The number of benzene rings is 2. The Labute approximate surface area is 154 Å². The van der Waals surface area contributed by atoms with Crippen LogP contribution in [0.25, 0.3) is 0 Å². The van der Waals surface area contributed by atoms with Gasteiger partial charge in [0.2, 0.25) is 0 Å². The Hall–Kier alpha value is -2.89.